The molecule has 4 rings (SSSR count). The summed E-state index contributed by atoms with van der Waals surface area (Å²) in [6.07, 6.45) is 0.451. The Morgan fingerprint density at radius 1 is 1.00 bits per heavy atom. The van der Waals surface area contributed by atoms with E-state index in [1.165, 1.54) is 4.70 Å². The van der Waals surface area contributed by atoms with E-state index in [0.717, 1.165) is 37.4 Å². The average Bonchev–Trinajstić information content (AvgIpc) is 3.14. The SMILES string of the molecule is O=C(CCSc1ccc(Cl)cc1)Nc1ccc(-c2nc3ccccc3s2)cc1. The number of para-hydroxylation sites is 1. The van der Waals surface area contributed by atoms with Gasteiger partial charge in [0, 0.05) is 33.3 Å². The molecule has 0 aliphatic heterocycles. The highest BCUT2D eigenvalue weighted by molar-refractivity contribution is 7.99. The number of rotatable bonds is 6. The zero-order valence-corrected chi connectivity index (χ0v) is 17.3. The molecule has 0 unspecified atom stereocenters. The quantitative estimate of drug-likeness (QED) is 0.348. The molecule has 3 nitrogen and oxygen atoms in total. The molecule has 0 fully saturated rings. The van der Waals surface area contributed by atoms with Crippen molar-refractivity contribution in [3.63, 3.8) is 0 Å². The van der Waals surface area contributed by atoms with Gasteiger partial charge in [-0.05, 0) is 60.7 Å². The van der Waals surface area contributed by atoms with Crippen LogP contribution in [0, 0.1) is 0 Å². The van der Waals surface area contributed by atoms with E-state index in [9.17, 15) is 4.79 Å². The lowest BCUT2D eigenvalue weighted by atomic mass is 10.2. The molecule has 1 heterocycles. The van der Waals surface area contributed by atoms with Crippen LogP contribution in [0.1, 0.15) is 6.42 Å². The van der Waals surface area contributed by atoms with E-state index in [1.54, 1.807) is 23.1 Å². The van der Waals surface area contributed by atoms with Gasteiger partial charge < -0.3 is 5.32 Å². The summed E-state index contributed by atoms with van der Waals surface area (Å²) in [7, 11) is 0. The van der Waals surface area contributed by atoms with Crippen molar-refractivity contribution in [2.24, 2.45) is 0 Å². The summed E-state index contributed by atoms with van der Waals surface area (Å²) in [4.78, 5) is 18.0. The van der Waals surface area contributed by atoms with Crippen LogP contribution in [0.4, 0.5) is 5.69 Å². The Bertz CT molecular complexity index is 1060. The van der Waals surface area contributed by atoms with Gasteiger partial charge in [-0.15, -0.1) is 23.1 Å². The highest BCUT2D eigenvalue weighted by atomic mass is 35.5. The molecule has 0 aliphatic rings. The minimum Gasteiger partial charge on any atom is -0.326 e. The summed E-state index contributed by atoms with van der Waals surface area (Å²) < 4.78 is 1.17. The van der Waals surface area contributed by atoms with Crippen LogP contribution in [0.3, 0.4) is 0 Å². The van der Waals surface area contributed by atoms with Crippen LogP contribution in [-0.4, -0.2) is 16.6 Å². The van der Waals surface area contributed by atoms with E-state index in [-0.39, 0.29) is 5.91 Å². The van der Waals surface area contributed by atoms with Gasteiger partial charge in [-0.25, -0.2) is 4.98 Å². The largest absolute Gasteiger partial charge is 0.326 e. The van der Waals surface area contributed by atoms with Crippen LogP contribution in [0.25, 0.3) is 20.8 Å². The van der Waals surface area contributed by atoms with Gasteiger partial charge in [0.1, 0.15) is 5.01 Å². The molecule has 1 aromatic heterocycles. The van der Waals surface area contributed by atoms with Gasteiger partial charge in [-0.3, -0.25) is 4.79 Å². The lowest BCUT2D eigenvalue weighted by Crippen LogP contribution is -2.12. The normalized spacial score (nSPS) is 10.9. The van der Waals surface area contributed by atoms with Crippen molar-refractivity contribution in [1.29, 1.82) is 0 Å². The van der Waals surface area contributed by atoms with Crippen LogP contribution in [0.2, 0.25) is 5.02 Å². The monoisotopic (exact) mass is 424 g/mol. The minimum atomic E-state index is 0.00852. The Morgan fingerprint density at radius 2 is 1.75 bits per heavy atom. The number of anilines is 1. The first kappa shape index (κ1) is 19.0. The summed E-state index contributed by atoms with van der Waals surface area (Å²) in [6.45, 7) is 0. The molecule has 0 saturated carbocycles. The van der Waals surface area contributed by atoms with Gasteiger partial charge in [0.05, 0.1) is 10.2 Å². The number of nitrogens with one attached hydrogen (secondary N) is 1. The molecule has 6 heteroatoms. The third-order valence-corrected chi connectivity index (χ3v) is 6.47. The first-order chi connectivity index (χ1) is 13.7. The minimum absolute atomic E-state index is 0.00852. The molecule has 4 aromatic rings. The van der Waals surface area contributed by atoms with E-state index >= 15 is 0 Å². The molecule has 0 aliphatic carbocycles. The van der Waals surface area contributed by atoms with E-state index in [2.05, 4.69) is 16.4 Å². The predicted octanol–water partition coefficient (Wildman–Crippen LogP) is 6.74. The number of thiazole rings is 1. The number of hydrogen-bond donors (Lipinski definition) is 1. The second kappa shape index (κ2) is 8.78. The third kappa shape index (κ3) is 4.73. The van der Waals surface area contributed by atoms with Crippen molar-refractivity contribution in [1.82, 2.24) is 4.98 Å². The van der Waals surface area contributed by atoms with Crippen molar-refractivity contribution >= 4 is 56.5 Å². The zero-order chi connectivity index (χ0) is 19.3. The van der Waals surface area contributed by atoms with Gasteiger partial charge >= 0.3 is 0 Å². The number of nitrogens with zero attached hydrogens (tertiary/aromatic N) is 1. The number of carbonyl (C=O) groups is 1. The Morgan fingerprint density at radius 3 is 2.50 bits per heavy atom. The second-order valence-electron chi connectivity index (χ2n) is 6.16. The van der Waals surface area contributed by atoms with Crippen molar-refractivity contribution in [3.05, 3.63) is 77.8 Å². The summed E-state index contributed by atoms with van der Waals surface area (Å²) in [5.41, 5.74) is 2.86. The summed E-state index contributed by atoms with van der Waals surface area (Å²) in [6, 6.07) is 23.6. The maximum absolute atomic E-state index is 12.2. The number of carbonyl (C=O) groups excluding carboxylic acids is 1. The van der Waals surface area contributed by atoms with Crippen LogP contribution in [0.15, 0.2) is 77.7 Å². The number of amides is 1. The third-order valence-electron chi connectivity index (χ3n) is 4.12. The molecular weight excluding hydrogens is 408 g/mol. The number of benzene rings is 3. The first-order valence-corrected chi connectivity index (χ1v) is 11.0. The number of aromatic nitrogens is 1. The first-order valence-electron chi connectivity index (χ1n) is 8.82. The van der Waals surface area contributed by atoms with Crippen LogP contribution in [0.5, 0.6) is 0 Å². The van der Waals surface area contributed by atoms with Crippen LogP contribution < -0.4 is 5.32 Å². The standard InChI is InChI=1S/C22H17ClN2OS2/c23-16-7-11-18(12-8-16)27-14-13-21(26)24-17-9-5-15(6-10-17)22-25-19-3-1-2-4-20(19)28-22/h1-12H,13-14H2,(H,24,26). The van der Waals surface area contributed by atoms with Crippen molar-refractivity contribution in [2.75, 3.05) is 11.1 Å². The predicted molar refractivity (Wildman–Crippen MR) is 120 cm³/mol. The smallest absolute Gasteiger partial charge is 0.225 e. The zero-order valence-electron chi connectivity index (χ0n) is 14.9. The molecule has 1 amide bonds. The van der Waals surface area contributed by atoms with Gasteiger partial charge in [0.25, 0.3) is 0 Å². The van der Waals surface area contributed by atoms with Gasteiger partial charge in [-0.2, -0.15) is 0 Å². The van der Waals surface area contributed by atoms with E-state index in [1.807, 2.05) is 66.7 Å². The van der Waals surface area contributed by atoms with Crippen LogP contribution in [-0.2, 0) is 4.79 Å². The highest BCUT2D eigenvalue weighted by Crippen LogP contribution is 2.30. The van der Waals surface area contributed by atoms with Crippen molar-refractivity contribution in [3.8, 4) is 10.6 Å². The Kier molecular flexibility index (Phi) is 5.95. The maximum atomic E-state index is 12.2. The molecule has 0 spiro atoms. The maximum Gasteiger partial charge on any atom is 0.225 e. The van der Waals surface area contributed by atoms with E-state index in [0.29, 0.717) is 6.42 Å². The Hall–Kier alpha value is -2.34. The number of thioether (sulfide) groups is 1. The fourth-order valence-electron chi connectivity index (χ4n) is 2.71. The molecule has 140 valence electrons. The van der Waals surface area contributed by atoms with Crippen LogP contribution >= 0.6 is 34.7 Å². The topological polar surface area (TPSA) is 42.0 Å². The summed E-state index contributed by atoms with van der Waals surface area (Å²) in [5, 5.41) is 4.66. The fourth-order valence-corrected chi connectivity index (χ4v) is 4.66. The lowest BCUT2D eigenvalue weighted by Gasteiger charge is -2.06. The van der Waals surface area contributed by atoms with Gasteiger partial charge in [-0.1, -0.05) is 23.7 Å². The number of halogens is 1. The van der Waals surface area contributed by atoms with Crippen molar-refractivity contribution < 1.29 is 4.79 Å². The van der Waals surface area contributed by atoms with Crippen molar-refractivity contribution in [2.45, 2.75) is 11.3 Å². The molecule has 0 radical (unpaired) electrons. The summed E-state index contributed by atoms with van der Waals surface area (Å²) >= 11 is 9.19. The van der Waals surface area contributed by atoms with E-state index in [4.69, 9.17) is 11.6 Å². The number of hydrogen-bond acceptors (Lipinski definition) is 4. The Balaban J connectivity index is 1.32. The highest BCUT2D eigenvalue weighted by Gasteiger charge is 2.07. The van der Waals surface area contributed by atoms with Gasteiger partial charge in [0.15, 0.2) is 0 Å². The van der Waals surface area contributed by atoms with E-state index < -0.39 is 0 Å². The molecule has 0 saturated heterocycles. The number of fused-ring (bicyclic) bond motifs is 1. The van der Waals surface area contributed by atoms with Gasteiger partial charge in [0.2, 0.25) is 5.91 Å². The molecule has 0 atom stereocenters. The molecule has 28 heavy (non-hydrogen) atoms. The Labute approximate surface area is 176 Å². The summed E-state index contributed by atoms with van der Waals surface area (Å²) in [5.74, 6) is 0.728. The molecule has 1 N–H and O–H groups in total. The fraction of sp³-hybridized carbons (Fsp3) is 0.0909. The second-order valence-corrected chi connectivity index (χ2v) is 8.80. The molecule has 3 aromatic carbocycles. The average molecular weight is 425 g/mol. The molecular formula is C22H17ClN2OS2. The molecule has 0 bridgehead atoms. The lowest BCUT2D eigenvalue weighted by molar-refractivity contribution is -0.115.